The summed E-state index contributed by atoms with van der Waals surface area (Å²) in [7, 11) is 0. The first-order valence-electron chi connectivity index (χ1n) is 5.61. The summed E-state index contributed by atoms with van der Waals surface area (Å²) in [6, 6.07) is 0. The van der Waals surface area contributed by atoms with Crippen LogP contribution in [0.3, 0.4) is 0 Å². The maximum absolute atomic E-state index is 5.61. The fourth-order valence-corrected chi connectivity index (χ4v) is 1.78. The molecule has 0 aromatic rings. The predicted molar refractivity (Wildman–Crippen MR) is 53.6 cm³/mol. The molecule has 0 aliphatic carbocycles. The standard InChI is InChI=1S/C11H22O2/c1-3-5-7-10(4-2)11-12-8-6-9-13-11/h10-11H,3-9H2,1-2H3/t10-/m0/s1. The molecule has 1 fully saturated rings. The van der Waals surface area contributed by atoms with Gasteiger partial charge in [0.15, 0.2) is 6.29 Å². The zero-order valence-corrected chi connectivity index (χ0v) is 8.92. The van der Waals surface area contributed by atoms with Crippen molar-refractivity contribution in [3.63, 3.8) is 0 Å². The molecule has 0 unspecified atom stereocenters. The maximum Gasteiger partial charge on any atom is 0.160 e. The third-order valence-electron chi connectivity index (χ3n) is 2.69. The first-order chi connectivity index (χ1) is 6.38. The Morgan fingerprint density at radius 2 is 1.92 bits per heavy atom. The molecule has 1 atom stereocenters. The third-order valence-corrected chi connectivity index (χ3v) is 2.69. The van der Waals surface area contributed by atoms with E-state index in [0.29, 0.717) is 5.92 Å². The van der Waals surface area contributed by atoms with Crippen LogP contribution >= 0.6 is 0 Å². The summed E-state index contributed by atoms with van der Waals surface area (Å²) in [6.45, 7) is 6.22. The molecule has 0 N–H and O–H groups in total. The average Bonchev–Trinajstić information content (AvgIpc) is 2.21. The van der Waals surface area contributed by atoms with Crippen LogP contribution in [-0.4, -0.2) is 19.5 Å². The predicted octanol–water partition coefficient (Wildman–Crippen LogP) is 2.97. The van der Waals surface area contributed by atoms with Crippen molar-refractivity contribution in [1.82, 2.24) is 0 Å². The van der Waals surface area contributed by atoms with Crippen molar-refractivity contribution in [2.45, 2.75) is 52.2 Å². The Hall–Kier alpha value is -0.0800. The van der Waals surface area contributed by atoms with Gasteiger partial charge in [-0.3, -0.25) is 0 Å². The van der Waals surface area contributed by atoms with Crippen LogP contribution in [0.25, 0.3) is 0 Å². The summed E-state index contributed by atoms with van der Waals surface area (Å²) >= 11 is 0. The Balaban J connectivity index is 2.26. The number of rotatable bonds is 5. The molecule has 0 aromatic heterocycles. The lowest BCUT2D eigenvalue weighted by molar-refractivity contribution is -0.206. The van der Waals surface area contributed by atoms with Crippen molar-refractivity contribution >= 4 is 0 Å². The molecule has 1 saturated heterocycles. The van der Waals surface area contributed by atoms with Gasteiger partial charge in [-0.1, -0.05) is 26.7 Å². The van der Waals surface area contributed by atoms with Crippen molar-refractivity contribution in [3.8, 4) is 0 Å². The number of hydrogen-bond donors (Lipinski definition) is 0. The van der Waals surface area contributed by atoms with Crippen LogP contribution in [0, 0.1) is 5.92 Å². The smallest absolute Gasteiger partial charge is 0.160 e. The molecule has 0 bridgehead atoms. The van der Waals surface area contributed by atoms with E-state index >= 15 is 0 Å². The van der Waals surface area contributed by atoms with E-state index < -0.39 is 0 Å². The van der Waals surface area contributed by atoms with Gasteiger partial charge in [0.05, 0.1) is 13.2 Å². The molecule has 0 aromatic carbocycles. The minimum absolute atomic E-state index is 0.0882. The second kappa shape index (κ2) is 6.39. The molecule has 13 heavy (non-hydrogen) atoms. The van der Waals surface area contributed by atoms with E-state index in [0.717, 1.165) is 19.6 Å². The highest BCUT2D eigenvalue weighted by atomic mass is 16.7. The summed E-state index contributed by atoms with van der Waals surface area (Å²) in [4.78, 5) is 0. The topological polar surface area (TPSA) is 18.5 Å². The lowest BCUT2D eigenvalue weighted by atomic mass is 9.98. The fraction of sp³-hybridized carbons (Fsp3) is 1.00. The Morgan fingerprint density at radius 3 is 2.46 bits per heavy atom. The minimum atomic E-state index is 0.0882. The number of ether oxygens (including phenoxy) is 2. The SMILES string of the molecule is CCCC[C@H](CC)C1OCCCO1. The van der Waals surface area contributed by atoms with Crippen LogP contribution in [-0.2, 0) is 9.47 Å². The molecule has 2 nitrogen and oxygen atoms in total. The fourth-order valence-electron chi connectivity index (χ4n) is 1.78. The minimum Gasteiger partial charge on any atom is -0.352 e. The quantitative estimate of drug-likeness (QED) is 0.657. The van der Waals surface area contributed by atoms with E-state index in [1.165, 1.54) is 25.7 Å². The molecule has 0 spiro atoms. The summed E-state index contributed by atoms with van der Waals surface area (Å²) < 4.78 is 11.2. The first kappa shape index (κ1) is 11.0. The molecule has 78 valence electrons. The monoisotopic (exact) mass is 186 g/mol. The summed E-state index contributed by atoms with van der Waals surface area (Å²) in [5.74, 6) is 0.611. The molecule has 0 amide bonds. The zero-order chi connectivity index (χ0) is 9.52. The molecule has 1 heterocycles. The van der Waals surface area contributed by atoms with Crippen molar-refractivity contribution < 1.29 is 9.47 Å². The van der Waals surface area contributed by atoms with Gasteiger partial charge in [0.1, 0.15) is 0 Å². The molecule has 1 rings (SSSR count). The van der Waals surface area contributed by atoms with Crippen molar-refractivity contribution in [3.05, 3.63) is 0 Å². The second-order valence-electron chi connectivity index (χ2n) is 3.77. The van der Waals surface area contributed by atoms with Gasteiger partial charge >= 0.3 is 0 Å². The Kier molecular flexibility index (Phi) is 5.40. The van der Waals surface area contributed by atoms with E-state index in [1.54, 1.807) is 0 Å². The van der Waals surface area contributed by atoms with Crippen molar-refractivity contribution in [2.24, 2.45) is 5.92 Å². The van der Waals surface area contributed by atoms with Crippen LogP contribution in [0.2, 0.25) is 0 Å². The van der Waals surface area contributed by atoms with Gasteiger partial charge in [-0.2, -0.15) is 0 Å². The first-order valence-corrected chi connectivity index (χ1v) is 5.61. The van der Waals surface area contributed by atoms with E-state index in [9.17, 15) is 0 Å². The average molecular weight is 186 g/mol. The molecule has 2 heteroatoms. The maximum atomic E-state index is 5.61. The van der Waals surface area contributed by atoms with Gasteiger partial charge in [-0.15, -0.1) is 0 Å². The van der Waals surface area contributed by atoms with Crippen LogP contribution < -0.4 is 0 Å². The van der Waals surface area contributed by atoms with Crippen LogP contribution in [0.4, 0.5) is 0 Å². The van der Waals surface area contributed by atoms with E-state index in [2.05, 4.69) is 13.8 Å². The van der Waals surface area contributed by atoms with Gasteiger partial charge in [0.25, 0.3) is 0 Å². The number of hydrogen-bond acceptors (Lipinski definition) is 2. The lowest BCUT2D eigenvalue weighted by Crippen LogP contribution is -2.32. The van der Waals surface area contributed by atoms with Gasteiger partial charge in [0.2, 0.25) is 0 Å². The molecule has 0 saturated carbocycles. The van der Waals surface area contributed by atoms with Gasteiger partial charge in [-0.25, -0.2) is 0 Å². The molecular weight excluding hydrogens is 164 g/mol. The van der Waals surface area contributed by atoms with Gasteiger partial charge < -0.3 is 9.47 Å². The summed E-state index contributed by atoms with van der Waals surface area (Å²) in [5, 5.41) is 0. The highest BCUT2D eigenvalue weighted by Gasteiger charge is 2.23. The highest BCUT2D eigenvalue weighted by molar-refractivity contribution is 4.64. The molecule has 1 aliphatic heterocycles. The summed E-state index contributed by atoms with van der Waals surface area (Å²) in [6.07, 6.45) is 6.12. The third kappa shape index (κ3) is 3.65. The Bertz CT molecular complexity index is 119. The van der Waals surface area contributed by atoms with Crippen molar-refractivity contribution in [1.29, 1.82) is 0 Å². The van der Waals surface area contributed by atoms with E-state index in [-0.39, 0.29) is 6.29 Å². The molecule has 0 radical (unpaired) electrons. The van der Waals surface area contributed by atoms with Crippen LogP contribution in [0.5, 0.6) is 0 Å². The van der Waals surface area contributed by atoms with Crippen LogP contribution in [0.15, 0.2) is 0 Å². The Labute approximate surface area is 81.6 Å². The van der Waals surface area contributed by atoms with Gasteiger partial charge in [-0.05, 0) is 19.3 Å². The van der Waals surface area contributed by atoms with E-state index in [1.807, 2.05) is 0 Å². The number of unbranched alkanes of at least 4 members (excludes halogenated alkanes) is 1. The largest absolute Gasteiger partial charge is 0.352 e. The lowest BCUT2D eigenvalue weighted by Gasteiger charge is -2.29. The second-order valence-corrected chi connectivity index (χ2v) is 3.77. The zero-order valence-electron chi connectivity index (χ0n) is 8.92. The Morgan fingerprint density at radius 1 is 1.23 bits per heavy atom. The van der Waals surface area contributed by atoms with Crippen LogP contribution in [0.1, 0.15) is 46.0 Å². The normalized spacial score (nSPS) is 21.7. The highest BCUT2D eigenvalue weighted by Crippen LogP contribution is 2.22. The van der Waals surface area contributed by atoms with Gasteiger partial charge in [0, 0.05) is 5.92 Å². The summed E-state index contributed by atoms with van der Waals surface area (Å²) in [5.41, 5.74) is 0. The molecule has 1 aliphatic rings. The van der Waals surface area contributed by atoms with E-state index in [4.69, 9.17) is 9.47 Å². The van der Waals surface area contributed by atoms with Crippen molar-refractivity contribution in [2.75, 3.05) is 13.2 Å². The molecular formula is C11H22O2.